The Morgan fingerprint density at radius 1 is 1.50 bits per heavy atom. The first-order chi connectivity index (χ1) is 6.67. The molecule has 2 rings (SSSR count). The molecule has 0 saturated carbocycles. The van der Waals surface area contributed by atoms with Gasteiger partial charge in [0.1, 0.15) is 5.75 Å². The van der Waals surface area contributed by atoms with Gasteiger partial charge in [0.25, 0.3) is 0 Å². The maximum atomic E-state index is 11.8. The van der Waals surface area contributed by atoms with E-state index in [-0.39, 0.29) is 5.78 Å². The molecule has 1 atom stereocenters. The van der Waals surface area contributed by atoms with Crippen molar-refractivity contribution < 1.29 is 9.53 Å². The van der Waals surface area contributed by atoms with Gasteiger partial charge in [0.05, 0.1) is 5.56 Å². The highest BCUT2D eigenvalue weighted by Crippen LogP contribution is 2.34. The number of fused-ring (bicyclic) bond motifs is 1. The number of para-hydroxylation sites is 1. The second-order valence-electron chi connectivity index (χ2n) is 3.31. The number of carbonyl (C=O) groups is 1. The van der Waals surface area contributed by atoms with Gasteiger partial charge in [-0.1, -0.05) is 12.1 Å². The first-order valence-electron chi connectivity index (χ1n) is 4.24. The SMILES string of the molecule is CC1(C=C=[N-])Oc2ccccc2C1=O. The largest absolute Gasteiger partial charge is 0.763 e. The lowest BCUT2D eigenvalue weighted by atomic mass is 9.98. The molecule has 1 aliphatic heterocycles. The first-order valence-corrected chi connectivity index (χ1v) is 4.24. The normalized spacial score (nSPS) is 23.6. The lowest BCUT2D eigenvalue weighted by molar-refractivity contribution is 0.0758. The van der Waals surface area contributed by atoms with Gasteiger partial charge in [-0.25, -0.2) is 0 Å². The van der Waals surface area contributed by atoms with Crippen LogP contribution in [-0.2, 0) is 0 Å². The van der Waals surface area contributed by atoms with Crippen molar-refractivity contribution in [1.29, 1.82) is 0 Å². The van der Waals surface area contributed by atoms with E-state index in [1.165, 1.54) is 6.08 Å². The molecule has 1 aromatic rings. The van der Waals surface area contributed by atoms with Crippen LogP contribution in [0.4, 0.5) is 0 Å². The van der Waals surface area contributed by atoms with Crippen molar-refractivity contribution in [2.24, 2.45) is 0 Å². The van der Waals surface area contributed by atoms with Crippen molar-refractivity contribution >= 4 is 11.7 Å². The minimum absolute atomic E-state index is 0.158. The van der Waals surface area contributed by atoms with E-state index in [0.717, 1.165) is 0 Å². The molecule has 0 aromatic heterocycles. The van der Waals surface area contributed by atoms with Crippen LogP contribution in [0.15, 0.2) is 30.3 Å². The molecule has 14 heavy (non-hydrogen) atoms. The Morgan fingerprint density at radius 3 is 2.86 bits per heavy atom. The number of benzene rings is 1. The molecule has 1 heterocycles. The summed E-state index contributed by atoms with van der Waals surface area (Å²) in [5, 5.41) is 8.55. The molecule has 0 aliphatic carbocycles. The van der Waals surface area contributed by atoms with Gasteiger partial charge in [0.2, 0.25) is 5.78 Å². The van der Waals surface area contributed by atoms with Crippen LogP contribution in [0.25, 0.3) is 5.41 Å². The van der Waals surface area contributed by atoms with Gasteiger partial charge < -0.3 is 10.1 Å². The Morgan fingerprint density at radius 2 is 2.21 bits per heavy atom. The molecule has 0 radical (unpaired) electrons. The zero-order chi connectivity index (χ0) is 10.2. The summed E-state index contributed by atoms with van der Waals surface area (Å²) in [7, 11) is 0. The summed E-state index contributed by atoms with van der Waals surface area (Å²) < 4.78 is 5.42. The second-order valence-corrected chi connectivity index (χ2v) is 3.31. The summed E-state index contributed by atoms with van der Waals surface area (Å²) >= 11 is 0. The number of rotatable bonds is 1. The Balaban J connectivity index is 2.53. The molecule has 0 N–H and O–H groups in total. The molecular formula is C11H8NO2-. The van der Waals surface area contributed by atoms with E-state index >= 15 is 0 Å². The number of Topliss-reactive ketones (excluding diaryl/α,β-unsaturated/α-hetero) is 1. The number of nitrogens with zero attached hydrogens (tertiary/aromatic N) is 1. The first kappa shape index (κ1) is 8.73. The molecule has 3 heteroatoms. The van der Waals surface area contributed by atoms with Gasteiger partial charge in [-0.05, 0) is 25.1 Å². The van der Waals surface area contributed by atoms with Crippen molar-refractivity contribution in [2.45, 2.75) is 12.5 Å². The maximum absolute atomic E-state index is 11.8. The van der Waals surface area contributed by atoms with E-state index < -0.39 is 5.60 Å². The highest BCUT2D eigenvalue weighted by atomic mass is 16.5. The topological polar surface area (TPSA) is 48.6 Å². The third kappa shape index (κ3) is 1.07. The summed E-state index contributed by atoms with van der Waals surface area (Å²) in [6.07, 6.45) is 1.22. The van der Waals surface area contributed by atoms with Crippen LogP contribution in [0.2, 0.25) is 0 Å². The molecule has 0 spiro atoms. The van der Waals surface area contributed by atoms with Crippen molar-refractivity contribution in [1.82, 2.24) is 0 Å². The van der Waals surface area contributed by atoms with Gasteiger partial charge in [-0.2, -0.15) is 0 Å². The monoisotopic (exact) mass is 186 g/mol. The van der Waals surface area contributed by atoms with Crippen molar-refractivity contribution in [3.05, 3.63) is 41.3 Å². The highest BCUT2D eigenvalue weighted by Gasteiger charge is 2.41. The Hall–Kier alpha value is -1.86. The second kappa shape index (κ2) is 2.82. The van der Waals surface area contributed by atoms with E-state index in [1.807, 2.05) is 5.87 Å². The smallest absolute Gasteiger partial charge is 0.214 e. The summed E-state index contributed by atoms with van der Waals surface area (Å²) in [6, 6.07) is 7.00. The average Bonchev–Trinajstić information content (AvgIpc) is 2.41. The van der Waals surface area contributed by atoms with Crippen LogP contribution in [-0.4, -0.2) is 17.3 Å². The van der Waals surface area contributed by atoms with E-state index in [2.05, 4.69) is 0 Å². The van der Waals surface area contributed by atoms with Crippen molar-refractivity contribution in [2.75, 3.05) is 0 Å². The average molecular weight is 186 g/mol. The molecule has 0 bridgehead atoms. The molecule has 1 aliphatic rings. The summed E-state index contributed by atoms with van der Waals surface area (Å²) in [4.78, 5) is 11.8. The third-order valence-electron chi connectivity index (χ3n) is 2.24. The molecule has 1 unspecified atom stereocenters. The minimum atomic E-state index is -1.11. The standard InChI is InChI=1S/C11H8NO2/c1-11(6-7-12)10(13)8-4-2-3-5-9(8)14-11/h2-6H,1H3/q-1. The maximum Gasteiger partial charge on any atom is 0.214 e. The number of hydrogen-bond acceptors (Lipinski definition) is 2. The van der Waals surface area contributed by atoms with Gasteiger partial charge in [0.15, 0.2) is 5.60 Å². The predicted molar refractivity (Wildman–Crippen MR) is 52.7 cm³/mol. The number of ether oxygens (including phenoxy) is 1. The van der Waals surface area contributed by atoms with Crippen LogP contribution >= 0.6 is 0 Å². The van der Waals surface area contributed by atoms with Gasteiger partial charge in [-0.15, -0.1) is 0 Å². The van der Waals surface area contributed by atoms with Crippen molar-refractivity contribution in [3.8, 4) is 5.75 Å². The fourth-order valence-corrected chi connectivity index (χ4v) is 1.50. The molecule has 1 aromatic carbocycles. The Bertz CT molecular complexity index is 446. The summed E-state index contributed by atoms with van der Waals surface area (Å²) in [6.45, 7) is 1.60. The Kier molecular flexibility index (Phi) is 1.76. The van der Waals surface area contributed by atoms with Gasteiger partial charge in [-0.3, -0.25) is 10.7 Å². The molecule has 0 amide bonds. The number of carbonyl (C=O) groups excluding carboxylic acids is 1. The fraction of sp³-hybridized carbons (Fsp3) is 0.182. The fourth-order valence-electron chi connectivity index (χ4n) is 1.50. The molecule has 3 nitrogen and oxygen atoms in total. The number of hydrogen-bond donors (Lipinski definition) is 0. The Labute approximate surface area is 81.5 Å². The molecule has 0 saturated heterocycles. The van der Waals surface area contributed by atoms with Crippen LogP contribution < -0.4 is 4.74 Å². The summed E-state index contributed by atoms with van der Waals surface area (Å²) in [5.74, 6) is 2.23. The van der Waals surface area contributed by atoms with Gasteiger partial charge >= 0.3 is 0 Å². The van der Waals surface area contributed by atoms with E-state index in [9.17, 15) is 4.79 Å². The van der Waals surface area contributed by atoms with E-state index in [0.29, 0.717) is 11.3 Å². The van der Waals surface area contributed by atoms with Gasteiger partial charge in [0, 0.05) is 0 Å². The molecular weight excluding hydrogens is 178 g/mol. The van der Waals surface area contributed by atoms with Crippen LogP contribution in [0, 0.1) is 0 Å². The minimum Gasteiger partial charge on any atom is -0.763 e. The molecule has 0 fully saturated rings. The predicted octanol–water partition coefficient (Wildman–Crippen LogP) is 1.82. The van der Waals surface area contributed by atoms with E-state index in [1.54, 1.807) is 31.2 Å². The zero-order valence-corrected chi connectivity index (χ0v) is 7.65. The zero-order valence-electron chi connectivity index (χ0n) is 7.65. The van der Waals surface area contributed by atoms with Crippen molar-refractivity contribution in [3.63, 3.8) is 0 Å². The van der Waals surface area contributed by atoms with Crippen LogP contribution in [0.1, 0.15) is 17.3 Å². The quantitative estimate of drug-likeness (QED) is 0.628. The summed E-state index contributed by atoms with van der Waals surface area (Å²) in [5.41, 5.74) is -0.570. The molecule has 70 valence electrons. The van der Waals surface area contributed by atoms with Crippen LogP contribution in [0.5, 0.6) is 5.75 Å². The van der Waals surface area contributed by atoms with Crippen LogP contribution in [0.3, 0.4) is 0 Å². The van der Waals surface area contributed by atoms with E-state index in [4.69, 9.17) is 10.1 Å². The lowest BCUT2D eigenvalue weighted by Crippen LogP contribution is -2.33. The third-order valence-corrected chi connectivity index (χ3v) is 2.24. The highest BCUT2D eigenvalue weighted by molar-refractivity contribution is 6.09. The number of ketones is 1. The lowest BCUT2D eigenvalue weighted by Gasteiger charge is -2.16.